The van der Waals surface area contributed by atoms with Crippen LogP contribution < -0.4 is 0 Å². The van der Waals surface area contributed by atoms with Crippen LogP contribution in [-0.2, 0) is 16.0 Å². The number of fused-ring (bicyclic) bond motifs is 3. The number of nitrogens with zero attached hydrogens (tertiary/aromatic N) is 1. The third-order valence-corrected chi connectivity index (χ3v) is 7.68. The van der Waals surface area contributed by atoms with Crippen molar-refractivity contribution in [1.29, 1.82) is 0 Å². The van der Waals surface area contributed by atoms with Crippen LogP contribution in [0.5, 0.6) is 0 Å². The van der Waals surface area contributed by atoms with Gasteiger partial charge in [-0.3, -0.25) is 0 Å². The number of aliphatic hydroxyl groups excluding tert-OH is 7. The lowest BCUT2D eigenvalue weighted by Crippen LogP contribution is -2.58. The second kappa shape index (κ2) is 12.5. The summed E-state index contributed by atoms with van der Waals surface area (Å²) in [6, 6.07) is 11.6. The van der Waals surface area contributed by atoms with Crippen molar-refractivity contribution in [1.82, 2.24) is 4.57 Å². The standard InChI is InChI=1S/C31H35NO9/c1-2-11-32-22-12-17(5-9-25-28(36)24(35)14-19(15-33)40-25)3-7-20(22)21-8-4-18(13-23(21)32)6-10-26-29(37)31(39)30(38)27(16-34)41-26/h3-4,7-8,12-13,19,24-31,33-39H,2,11,14-16H2,1H3/t19?,24?,25?,26?,27?,28?,29?,30-,31?/m1/s1. The minimum Gasteiger partial charge on any atom is -0.394 e. The molecular weight excluding hydrogens is 530 g/mol. The van der Waals surface area contributed by atoms with Crippen molar-refractivity contribution in [2.24, 2.45) is 0 Å². The molecule has 8 unspecified atom stereocenters. The average molecular weight is 566 g/mol. The Hall–Kier alpha value is -3.00. The van der Waals surface area contributed by atoms with Gasteiger partial charge in [-0.1, -0.05) is 42.7 Å². The molecule has 5 rings (SSSR count). The quantitative estimate of drug-likeness (QED) is 0.209. The number of aliphatic hydroxyl groups is 7. The second-order valence-corrected chi connectivity index (χ2v) is 10.6. The van der Waals surface area contributed by atoms with Gasteiger partial charge in [-0.05, 0) is 30.7 Å². The van der Waals surface area contributed by atoms with Crippen molar-refractivity contribution < 1.29 is 45.2 Å². The minimum absolute atomic E-state index is 0.147. The van der Waals surface area contributed by atoms with Crippen molar-refractivity contribution >= 4 is 21.8 Å². The van der Waals surface area contributed by atoms with Crippen molar-refractivity contribution in [3.63, 3.8) is 0 Å². The predicted octanol–water partition coefficient (Wildman–Crippen LogP) is -0.379. The number of aryl methyl sites for hydroxylation is 1. The molecule has 0 spiro atoms. The first-order valence-corrected chi connectivity index (χ1v) is 13.8. The largest absolute Gasteiger partial charge is 0.394 e. The highest BCUT2D eigenvalue weighted by atomic mass is 16.5. The van der Waals surface area contributed by atoms with E-state index >= 15 is 0 Å². The molecular formula is C31H35NO9. The van der Waals surface area contributed by atoms with Crippen LogP contribution in [0, 0.1) is 23.7 Å². The number of ether oxygens (including phenoxy) is 2. The summed E-state index contributed by atoms with van der Waals surface area (Å²) in [6.07, 6.45) is -9.11. The van der Waals surface area contributed by atoms with E-state index in [1.807, 2.05) is 36.4 Å². The highest BCUT2D eigenvalue weighted by molar-refractivity contribution is 6.08. The molecule has 10 heteroatoms. The summed E-state index contributed by atoms with van der Waals surface area (Å²) in [4.78, 5) is 0. The van der Waals surface area contributed by atoms with E-state index in [9.17, 15) is 35.7 Å². The van der Waals surface area contributed by atoms with E-state index in [2.05, 4.69) is 35.2 Å². The minimum atomic E-state index is -1.49. The van der Waals surface area contributed by atoms with Crippen LogP contribution in [0.2, 0.25) is 0 Å². The number of aromatic nitrogens is 1. The van der Waals surface area contributed by atoms with E-state index in [-0.39, 0.29) is 13.0 Å². The maximum absolute atomic E-state index is 10.3. The molecule has 2 aliphatic heterocycles. The monoisotopic (exact) mass is 565 g/mol. The van der Waals surface area contributed by atoms with Gasteiger partial charge in [0, 0.05) is 34.9 Å². The molecule has 9 atom stereocenters. The fourth-order valence-corrected chi connectivity index (χ4v) is 5.44. The van der Waals surface area contributed by atoms with Gasteiger partial charge in [0.05, 0.1) is 36.5 Å². The fourth-order valence-electron chi connectivity index (χ4n) is 5.44. The Morgan fingerprint density at radius 2 is 1.34 bits per heavy atom. The van der Waals surface area contributed by atoms with Crippen LogP contribution in [0.15, 0.2) is 36.4 Å². The van der Waals surface area contributed by atoms with Crippen LogP contribution >= 0.6 is 0 Å². The molecule has 0 amide bonds. The van der Waals surface area contributed by atoms with Gasteiger partial charge in [0.2, 0.25) is 0 Å². The number of benzene rings is 2. The van der Waals surface area contributed by atoms with Crippen LogP contribution in [0.25, 0.3) is 21.8 Å². The molecule has 0 bridgehead atoms. The average Bonchev–Trinajstić information content (AvgIpc) is 3.28. The van der Waals surface area contributed by atoms with E-state index in [4.69, 9.17) is 9.47 Å². The Morgan fingerprint density at radius 3 is 1.88 bits per heavy atom. The highest BCUT2D eigenvalue weighted by Crippen LogP contribution is 2.31. The summed E-state index contributed by atoms with van der Waals surface area (Å²) >= 11 is 0. The lowest BCUT2D eigenvalue weighted by molar-refractivity contribution is -0.214. The molecule has 0 saturated carbocycles. The van der Waals surface area contributed by atoms with Gasteiger partial charge in [-0.2, -0.15) is 0 Å². The van der Waals surface area contributed by atoms with Gasteiger partial charge in [-0.25, -0.2) is 0 Å². The number of hydrogen-bond acceptors (Lipinski definition) is 9. The highest BCUT2D eigenvalue weighted by Gasteiger charge is 2.42. The summed E-state index contributed by atoms with van der Waals surface area (Å²) in [5.74, 6) is 11.8. The predicted molar refractivity (Wildman–Crippen MR) is 150 cm³/mol. The van der Waals surface area contributed by atoms with Crippen molar-refractivity contribution in [2.75, 3.05) is 13.2 Å². The second-order valence-electron chi connectivity index (χ2n) is 10.6. The Balaban J connectivity index is 1.47. The molecule has 1 aromatic heterocycles. The Labute approximate surface area is 237 Å². The van der Waals surface area contributed by atoms with E-state index in [0.717, 1.165) is 34.8 Å². The zero-order valence-electron chi connectivity index (χ0n) is 22.6. The Bertz CT molecular complexity index is 1510. The van der Waals surface area contributed by atoms with Crippen LogP contribution in [-0.4, -0.2) is 108 Å². The van der Waals surface area contributed by atoms with Crippen LogP contribution in [0.1, 0.15) is 30.9 Å². The van der Waals surface area contributed by atoms with Gasteiger partial charge in [0.15, 0.2) is 0 Å². The normalized spacial score (nSPS) is 31.9. The Kier molecular flexibility index (Phi) is 8.97. The first-order chi connectivity index (χ1) is 19.7. The molecule has 2 aliphatic rings. The molecule has 10 nitrogen and oxygen atoms in total. The van der Waals surface area contributed by atoms with E-state index < -0.39 is 61.5 Å². The molecule has 0 radical (unpaired) electrons. The SMILES string of the molecule is CCCn1c2cc(C#CC3OC(CO)CC(O)C3O)ccc2c2ccc(C#CC3OC(CO)[C@@H](O)C(O)C3O)cc21. The van der Waals surface area contributed by atoms with Gasteiger partial charge in [0.1, 0.15) is 42.7 Å². The molecule has 218 valence electrons. The van der Waals surface area contributed by atoms with E-state index in [0.29, 0.717) is 11.1 Å². The topological polar surface area (TPSA) is 165 Å². The van der Waals surface area contributed by atoms with Gasteiger partial charge in [-0.15, -0.1) is 0 Å². The van der Waals surface area contributed by atoms with Crippen molar-refractivity contribution in [3.8, 4) is 23.7 Å². The van der Waals surface area contributed by atoms with Gasteiger partial charge < -0.3 is 49.8 Å². The molecule has 3 heterocycles. The summed E-state index contributed by atoms with van der Waals surface area (Å²) in [7, 11) is 0. The van der Waals surface area contributed by atoms with Gasteiger partial charge >= 0.3 is 0 Å². The summed E-state index contributed by atoms with van der Waals surface area (Å²) in [5, 5.41) is 71.6. The van der Waals surface area contributed by atoms with Gasteiger partial charge in [0.25, 0.3) is 0 Å². The molecule has 7 N–H and O–H groups in total. The summed E-state index contributed by atoms with van der Waals surface area (Å²) in [5.41, 5.74) is 3.28. The molecule has 3 aromatic rings. The molecule has 2 saturated heterocycles. The zero-order chi connectivity index (χ0) is 29.3. The van der Waals surface area contributed by atoms with Crippen LogP contribution in [0.3, 0.4) is 0 Å². The summed E-state index contributed by atoms with van der Waals surface area (Å²) < 4.78 is 13.3. The first-order valence-electron chi connectivity index (χ1n) is 13.8. The smallest absolute Gasteiger partial charge is 0.147 e. The lowest BCUT2D eigenvalue weighted by atomic mass is 9.95. The first kappa shape index (κ1) is 29.5. The molecule has 0 aliphatic carbocycles. The zero-order valence-corrected chi connectivity index (χ0v) is 22.6. The third kappa shape index (κ3) is 5.85. The van der Waals surface area contributed by atoms with E-state index in [1.165, 1.54) is 0 Å². The van der Waals surface area contributed by atoms with Crippen molar-refractivity contribution in [3.05, 3.63) is 47.5 Å². The summed E-state index contributed by atoms with van der Waals surface area (Å²) in [6.45, 7) is 2.03. The maximum Gasteiger partial charge on any atom is 0.147 e. The third-order valence-electron chi connectivity index (χ3n) is 7.68. The Morgan fingerprint density at radius 1 is 0.756 bits per heavy atom. The number of hydrogen-bond donors (Lipinski definition) is 7. The van der Waals surface area contributed by atoms with Crippen LogP contribution in [0.4, 0.5) is 0 Å². The van der Waals surface area contributed by atoms with E-state index in [1.54, 1.807) is 0 Å². The van der Waals surface area contributed by atoms with Crippen molar-refractivity contribution in [2.45, 2.75) is 81.2 Å². The number of rotatable bonds is 4. The molecule has 2 fully saturated rings. The molecule has 41 heavy (non-hydrogen) atoms. The maximum atomic E-state index is 10.3. The molecule has 2 aromatic carbocycles. The lowest BCUT2D eigenvalue weighted by Gasteiger charge is -2.37. The fraction of sp³-hybridized carbons (Fsp3) is 0.484.